The molecule has 0 aromatic carbocycles. The van der Waals surface area contributed by atoms with Crippen LogP contribution in [0.1, 0.15) is 32.6 Å². The van der Waals surface area contributed by atoms with Crippen molar-refractivity contribution in [3.8, 4) is 0 Å². The number of rotatable bonds is 2. The Morgan fingerprint density at radius 3 is 2.50 bits per heavy atom. The first kappa shape index (κ1) is 10.4. The summed E-state index contributed by atoms with van der Waals surface area (Å²) in [7, 11) is -2.70. The van der Waals surface area contributed by atoms with Crippen LogP contribution in [0.4, 0.5) is 0 Å². The maximum atomic E-state index is 11.3. The second kappa shape index (κ2) is 3.20. The molecule has 0 aromatic heterocycles. The predicted molar refractivity (Wildman–Crippen MR) is 56.7 cm³/mol. The van der Waals surface area contributed by atoms with E-state index in [2.05, 4.69) is 0 Å². The molecular formula is C10H19NO2S. The molecule has 82 valence electrons. The van der Waals surface area contributed by atoms with Gasteiger partial charge in [-0.05, 0) is 43.9 Å². The molecule has 1 heterocycles. The summed E-state index contributed by atoms with van der Waals surface area (Å²) >= 11 is 0. The maximum Gasteiger partial charge on any atom is 0.150 e. The normalized spacial score (nSPS) is 35.4. The number of nitrogens with two attached hydrogens (primary N) is 1. The van der Waals surface area contributed by atoms with Crippen LogP contribution >= 0.6 is 0 Å². The van der Waals surface area contributed by atoms with E-state index in [0.29, 0.717) is 22.8 Å². The van der Waals surface area contributed by atoms with Gasteiger partial charge in [0.25, 0.3) is 0 Å². The second-order valence-electron chi connectivity index (χ2n) is 5.13. The summed E-state index contributed by atoms with van der Waals surface area (Å²) in [4.78, 5) is 0. The van der Waals surface area contributed by atoms with Crippen molar-refractivity contribution in [3.63, 3.8) is 0 Å². The highest BCUT2D eigenvalue weighted by Crippen LogP contribution is 2.61. The van der Waals surface area contributed by atoms with Gasteiger partial charge in [-0.2, -0.15) is 0 Å². The van der Waals surface area contributed by atoms with Crippen LogP contribution in [0.2, 0.25) is 0 Å². The summed E-state index contributed by atoms with van der Waals surface area (Å²) in [6.07, 6.45) is 4.05. The van der Waals surface area contributed by atoms with Crippen molar-refractivity contribution in [2.75, 3.05) is 11.5 Å². The molecule has 1 saturated heterocycles. The number of hydrogen-bond acceptors (Lipinski definition) is 3. The van der Waals surface area contributed by atoms with Crippen LogP contribution in [0.3, 0.4) is 0 Å². The summed E-state index contributed by atoms with van der Waals surface area (Å²) in [5.41, 5.74) is 6.13. The van der Waals surface area contributed by atoms with Crippen molar-refractivity contribution in [1.29, 1.82) is 0 Å². The molecule has 0 aromatic rings. The molecule has 2 atom stereocenters. The molecule has 2 N–H and O–H groups in total. The van der Waals surface area contributed by atoms with E-state index in [-0.39, 0.29) is 6.04 Å². The van der Waals surface area contributed by atoms with Gasteiger partial charge >= 0.3 is 0 Å². The first-order valence-corrected chi connectivity index (χ1v) is 7.22. The Hall–Kier alpha value is -0.0900. The summed E-state index contributed by atoms with van der Waals surface area (Å²) in [6, 6.07) is 0.262. The highest BCUT2D eigenvalue weighted by Gasteiger charge is 2.55. The van der Waals surface area contributed by atoms with Crippen molar-refractivity contribution in [1.82, 2.24) is 0 Å². The van der Waals surface area contributed by atoms with Gasteiger partial charge in [-0.3, -0.25) is 0 Å². The quantitative estimate of drug-likeness (QED) is 0.749. The smallest absolute Gasteiger partial charge is 0.150 e. The molecule has 14 heavy (non-hydrogen) atoms. The molecule has 0 amide bonds. The van der Waals surface area contributed by atoms with Crippen LogP contribution in [-0.4, -0.2) is 26.0 Å². The van der Waals surface area contributed by atoms with Crippen molar-refractivity contribution in [2.24, 2.45) is 17.1 Å². The molecule has 2 unspecified atom stereocenters. The van der Waals surface area contributed by atoms with Gasteiger partial charge in [0.2, 0.25) is 0 Å². The van der Waals surface area contributed by atoms with E-state index in [0.717, 1.165) is 19.3 Å². The third-order valence-corrected chi connectivity index (χ3v) is 5.49. The zero-order chi connectivity index (χ0) is 10.4. The molecule has 2 fully saturated rings. The van der Waals surface area contributed by atoms with Crippen LogP contribution < -0.4 is 5.73 Å². The topological polar surface area (TPSA) is 60.2 Å². The monoisotopic (exact) mass is 217 g/mol. The molecule has 1 spiro atoms. The molecular weight excluding hydrogens is 198 g/mol. The Kier molecular flexibility index (Phi) is 2.39. The third-order valence-electron chi connectivity index (χ3n) is 3.84. The fourth-order valence-corrected chi connectivity index (χ4v) is 4.41. The van der Waals surface area contributed by atoms with E-state index in [1.807, 2.05) is 6.92 Å². The predicted octanol–water partition coefficient (Wildman–Crippen LogP) is 0.939. The first-order valence-electron chi connectivity index (χ1n) is 5.40. The Morgan fingerprint density at radius 1 is 1.43 bits per heavy atom. The molecule has 2 aliphatic rings. The molecule has 4 heteroatoms. The van der Waals surface area contributed by atoms with Gasteiger partial charge in [0, 0.05) is 6.04 Å². The Labute approximate surface area is 86.0 Å². The maximum absolute atomic E-state index is 11.3. The van der Waals surface area contributed by atoms with E-state index < -0.39 is 9.84 Å². The van der Waals surface area contributed by atoms with Crippen molar-refractivity contribution in [3.05, 3.63) is 0 Å². The molecule has 3 nitrogen and oxygen atoms in total. The van der Waals surface area contributed by atoms with E-state index >= 15 is 0 Å². The molecule has 0 bridgehead atoms. The van der Waals surface area contributed by atoms with E-state index in [4.69, 9.17) is 5.73 Å². The fraction of sp³-hybridized carbons (Fsp3) is 1.00. The van der Waals surface area contributed by atoms with Gasteiger partial charge in [0.1, 0.15) is 9.84 Å². The lowest BCUT2D eigenvalue weighted by Crippen LogP contribution is -2.26. The van der Waals surface area contributed by atoms with E-state index in [9.17, 15) is 8.42 Å². The minimum absolute atomic E-state index is 0.262. The van der Waals surface area contributed by atoms with Gasteiger partial charge in [0.05, 0.1) is 11.5 Å². The average molecular weight is 217 g/mol. The van der Waals surface area contributed by atoms with E-state index in [1.54, 1.807) is 0 Å². The zero-order valence-corrected chi connectivity index (χ0v) is 9.52. The Balaban J connectivity index is 1.91. The third kappa shape index (κ3) is 1.96. The molecule has 1 aliphatic heterocycles. The molecule has 2 rings (SSSR count). The van der Waals surface area contributed by atoms with Crippen LogP contribution in [0, 0.1) is 11.3 Å². The van der Waals surface area contributed by atoms with Gasteiger partial charge in [-0.25, -0.2) is 8.42 Å². The fourth-order valence-electron chi connectivity index (χ4n) is 2.77. The number of sulfone groups is 1. The molecule has 1 aliphatic carbocycles. The van der Waals surface area contributed by atoms with Crippen LogP contribution in [-0.2, 0) is 9.84 Å². The first-order chi connectivity index (χ1) is 6.44. The summed E-state index contributed by atoms with van der Waals surface area (Å²) in [5.74, 6) is 1.52. The highest BCUT2D eigenvalue weighted by atomic mass is 32.2. The van der Waals surface area contributed by atoms with Crippen molar-refractivity contribution < 1.29 is 8.42 Å². The molecule has 1 saturated carbocycles. The average Bonchev–Trinajstić information content (AvgIpc) is 2.71. The summed E-state index contributed by atoms with van der Waals surface area (Å²) in [5, 5.41) is 0. The van der Waals surface area contributed by atoms with Crippen LogP contribution in [0.15, 0.2) is 0 Å². The van der Waals surface area contributed by atoms with Gasteiger partial charge in [-0.15, -0.1) is 0 Å². The Bertz CT molecular complexity index is 307. The van der Waals surface area contributed by atoms with Crippen LogP contribution in [0.5, 0.6) is 0 Å². The Morgan fingerprint density at radius 2 is 2.00 bits per heavy atom. The standard InChI is InChI=1S/C10H19NO2S/c1-8(11)6-9-7-10(9)2-4-14(12,13)5-3-10/h8-9H,2-7,11H2,1H3. The van der Waals surface area contributed by atoms with E-state index in [1.165, 1.54) is 6.42 Å². The van der Waals surface area contributed by atoms with Gasteiger partial charge in [0.15, 0.2) is 0 Å². The number of hydrogen-bond donors (Lipinski definition) is 1. The summed E-state index contributed by atoms with van der Waals surface area (Å²) in [6.45, 7) is 2.03. The minimum atomic E-state index is -2.70. The summed E-state index contributed by atoms with van der Waals surface area (Å²) < 4.78 is 22.5. The van der Waals surface area contributed by atoms with Crippen molar-refractivity contribution >= 4 is 9.84 Å². The minimum Gasteiger partial charge on any atom is -0.328 e. The van der Waals surface area contributed by atoms with Gasteiger partial charge < -0.3 is 5.73 Å². The molecule has 0 radical (unpaired) electrons. The van der Waals surface area contributed by atoms with Crippen LogP contribution in [0.25, 0.3) is 0 Å². The zero-order valence-electron chi connectivity index (χ0n) is 8.70. The highest BCUT2D eigenvalue weighted by molar-refractivity contribution is 7.91. The van der Waals surface area contributed by atoms with Crippen molar-refractivity contribution in [2.45, 2.75) is 38.6 Å². The SMILES string of the molecule is CC(N)CC1CC12CCS(=O)(=O)CC2. The lowest BCUT2D eigenvalue weighted by molar-refractivity contribution is 0.384. The lowest BCUT2D eigenvalue weighted by atomic mass is 9.94. The second-order valence-corrected chi connectivity index (χ2v) is 7.43. The largest absolute Gasteiger partial charge is 0.328 e. The van der Waals surface area contributed by atoms with Gasteiger partial charge in [-0.1, -0.05) is 0 Å². The lowest BCUT2D eigenvalue weighted by Gasteiger charge is -2.23.